The number of H-pyrrole nitrogens is 2. The van der Waals surface area contributed by atoms with E-state index in [2.05, 4.69) is 25.4 Å². The summed E-state index contributed by atoms with van der Waals surface area (Å²) in [7, 11) is 0. The average molecular weight is 437 g/mol. The number of nitrogens with zero attached hydrogens (tertiary/aromatic N) is 2. The summed E-state index contributed by atoms with van der Waals surface area (Å²) in [5.41, 5.74) is 8.73. The van der Waals surface area contributed by atoms with E-state index in [1.165, 1.54) is 0 Å². The highest BCUT2D eigenvalue weighted by atomic mass is 35.5. The molecule has 0 spiro atoms. The number of amides is 1. The van der Waals surface area contributed by atoms with Gasteiger partial charge in [0.25, 0.3) is 5.91 Å². The van der Waals surface area contributed by atoms with Gasteiger partial charge in [0.15, 0.2) is 0 Å². The van der Waals surface area contributed by atoms with Gasteiger partial charge in [0.2, 0.25) is 5.89 Å². The first kappa shape index (κ1) is 19.6. The van der Waals surface area contributed by atoms with Crippen molar-refractivity contribution in [3.05, 3.63) is 50.2 Å². The van der Waals surface area contributed by atoms with Crippen molar-refractivity contribution in [2.45, 2.75) is 19.4 Å². The Kier molecular flexibility index (Phi) is 5.12. The monoisotopic (exact) mass is 436 g/mol. The second-order valence-electron chi connectivity index (χ2n) is 6.85. The molecular weight excluding hydrogens is 419 g/mol. The van der Waals surface area contributed by atoms with Gasteiger partial charge < -0.3 is 25.4 Å². The number of nitrogens with one attached hydrogen (secondary N) is 3. The predicted molar refractivity (Wildman–Crippen MR) is 111 cm³/mol. The van der Waals surface area contributed by atoms with Gasteiger partial charge in [-0.25, -0.2) is 9.89 Å². The maximum absolute atomic E-state index is 12.8. The zero-order valence-electron chi connectivity index (χ0n) is 15.4. The molecule has 1 amide bonds. The highest BCUT2D eigenvalue weighted by molar-refractivity contribution is 6.44. The van der Waals surface area contributed by atoms with E-state index in [0.717, 1.165) is 18.7 Å². The number of hydrogen-bond donors (Lipinski definition) is 4. The number of carbonyl (C=O) groups excluding carboxylic acids is 1. The second kappa shape index (κ2) is 7.58. The highest BCUT2D eigenvalue weighted by Crippen LogP contribution is 2.34. The van der Waals surface area contributed by atoms with E-state index in [1.807, 2.05) is 0 Å². The molecule has 5 N–H and O–H groups in total. The largest absolute Gasteiger partial charge is 0.434 e. The number of nitrogens with two attached hydrogens (primary N) is 1. The van der Waals surface area contributed by atoms with Crippen LogP contribution in [-0.2, 0) is 0 Å². The molecule has 1 saturated heterocycles. The summed E-state index contributed by atoms with van der Waals surface area (Å²) in [6.07, 6.45) is 0.826. The summed E-state index contributed by atoms with van der Waals surface area (Å²) in [6.45, 7) is 3.09. The summed E-state index contributed by atoms with van der Waals surface area (Å²) in [5.74, 6) is -0.906. The number of aryl methyl sites for hydroxylation is 1. The molecular formula is C18H18Cl2N6O3. The summed E-state index contributed by atoms with van der Waals surface area (Å²) in [6, 6.07) is 5.24. The van der Waals surface area contributed by atoms with E-state index in [1.54, 1.807) is 25.1 Å². The SMILES string of the molecule is Cc1[nH]c(C(=O)Nc2ccc(-c3n[nH]c(=O)o3)cc2N2CCC(N)C2)c(Cl)c1Cl. The molecule has 1 aromatic carbocycles. The quantitative estimate of drug-likeness (QED) is 0.496. The number of anilines is 2. The first-order chi connectivity index (χ1) is 13.8. The molecule has 1 aliphatic rings. The van der Waals surface area contributed by atoms with Gasteiger partial charge in [0, 0.05) is 30.4 Å². The number of halogens is 2. The molecule has 4 rings (SSSR count). The summed E-state index contributed by atoms with van der Waals surface area (Å²) < 4.78 is 5.04. The van der Waals surface area contributed by atoms with Gasteiger partial charge in [-0.05, 0) is 31.5 Å². The zero-order chi connectivity index (χ0) is 20.7. The lowest BCUT2D eigenvalue weighted by atomic mass is 10.1. The molecule has 11 heteroatoms. The van der Waals surface area contributed by atoms with Crippen LogP contribution in [0.1, 0.15) is 22.6 Å². The molecule has 152 valence electrons. The topological polar surface area (TPSA) is 133 Å². The smallest absolute Gasteiger partial charge is 0.388 e. The van der Waals surface area contributed by atoms with Crippen molar-refractivity contribution in [1.82, 2.24) is 15.2 Å². The van der Waals surface area contributed by atoms with Crippen molar-refractivity contribution in [3.63, 3.8) is 0 Å². The van der Waals surface area contributed by atoms with Gasteiger partial charge in [0.1, 0.15) is 5.69 Å². The van der Waals surface area contributed by atoms with E-state index in [0.29, 0.717) is 28.5 Å². The Bertz CT molecular complexity index is 1140. The molecule has 0 saturated carbocycles. The lowest BCUT2D eigenvalue weighted by Gasteiger charge is -2.22. The number of benzene rings is 1. The minimum atomic E-state index is -0.643. The van der Waals surface area contributed by atoms with Crippen LogP contribution in [-0.4, -0.2) is 40.2 Å². The lowest BCUT2D eigenvalue weighted by molar-refractivity contribution is 0.102. The number of carbonyl (C=O) groups is 1. The van der Waals surface area contributed by atoms with E-state index in [-0.39, 0.29) is 22.6 Å². The van der Waals surface area contributed by atoms with Crippen molar-refractivity contribution in [1.29, 1.82) is 0 Å². The summed E-state index contributed by atoms with van der Waals surface area (Å²) in [4.78, 5) is 29.0. The van der Waals surface area contributed by atoms with E-state index in [4.69, 9.17) is 33.4 Å². The molecule has 1 unspecified atom stereocenters. The van der Waals surface area contributed by atoms with Crippen LogP contribution in [0.4, 0.5) is 11.4 Å². The van der Waals surface area contributed by atoms with Gasteiger partial charge in [-0.1, -0.05) is 23.2 Å². The fourth-order valence-corrected chi connectivity index (χ4v) is 3.72. The molecule has 0 bridgehead atoms. The van der Waals surface area contributed by atoms with Gasteiger partial charge in [-0.3, -0.25) is 4.79 Å². The van der Waals surface area contributed by atoms with Crippen molar-refractivity contribution in [3.8, 4) is 11.5 Å². The standard InChI is InChI=1S/C18H18Cl2N6O3/c1-8-13(19)14(20)15(22-8)16(27)23-11-3-2-9(17-24-25-18(28)29-17)6-12(11)26-5-4-10(21)7-26/h2-3,6,10,22H,4-5,7,21H2,1H3,(H,23,27)(H,25,28). The minimum absolute atomic E-state index is 0.0323. The second-order valence-corrected chi connectivity index (χ2v) is 7.61. The molecule has 2 aromatic heterocycles. The van der Waals surface area contributed by atoms with Crippen LogP contribution in [0.15, 0.2) is 27.4 Å². The molecule has 29 heavy (non-hydrogen) atoms. The van der Waals surface area contributed by atoms with Gasteiger partial charge in [-0.2, -0.15) is 0 Å². The van der Waals surface area contributed by atoms with Crippen LogP contribution in [0, 0.1) is 6.92 Å². The Balaban J connectivity index is 1.70. The maximum Gasteiger partial charge on any atom is 0.434 e. The van der Waals surface area contributed by atoms with Crippen molar-refractivity contribution >= 4 is 40.5 Å². The first-order valence-electron chi connectivity index (χ1n) is 8.89. The fraction of sp³-hybridized carbons (Fsp3) is 0.278. The number of hydrogen-bond acceptors (Lipinski definition) is 6. The lowest BCUT2D eigenvalue weighted by Crippen LogP contribution is -2.27. The molecule has 9 nitrogen and oxygen atoms in total. The van der Waals surface area contributed by atoms with Crippen molar-refractivity contribution in [2.24, 2.45) is 5.73 Å². The third-order valence-corrected chi connectivity index (χ3v) is 5.72. The first-order valence-corrected chi connectivity index (χ1v) is 9.64. The Morgan fingerprint density at radius 2 is 2.17 bits per heavy atom. The molecule has 0 radical (unpaired) electrons. The summed E-state index contributed by atoms with van der Waals surface area (Å²) in [5, 5.41) is 9.44. The summed E-state index contributed by atoms with van der Waals surface area (Å²) >= 11 is 12.2. The fourth-order valence-electron chi connectivity index (χ4n) is 3.30. The molecule has 3 heterocycles. The third kappa shape index (κ3) is 3.76. The van der Waals surface area contributed by atoms with Gasteiger partial charge in [-0.15, -0.1) is 5.10 Å². The molecule has 1 aliphatic heterocycles. The van der Waals surface area contributed by atoms with Gasteiger partial charge in [0.05, 0.1) is 21.4 Å². The molecule has 0 aliphatic carbocycles. The van der Waals surface area contributed by atoms with E-state index >= 15 is 0 Å². The van der Waals surface area contributed by atoms with Gasteiger partial charge >= 0.3 is 5.76 Å². The van der Waals surface area contributed by atoms with Crippen LogP contribution in [0.3, 0.4) is 0 Å². The van der Waals surface area contributed by atoms with Crippen LogP contribution < -0.4 is 21.7 Å². The van der Waals surface area contributed by atoms with E-state index < -0.39 is 11.7 Å². The Morgan fingerprint density at radius 3 is 2.76 bits per heavy atom. The Labute approximate surface area is 175 Å². The molecule has 1 fully saturated rings. The normalized spacial score (nSPS) is 16.4. The van der Waals surface area contributed by atoms with Crippen LogP contribution in [0.25, 0.3) is 11.5 Å². The van der Waals surface area contributed by atoms with Crippen LogP contribution in [0.2, 0.25) is 10.0 Å². The molecule has 3 aromatic rings. The van der Waals surface area contributed by atoms with Crippen LogP contribution in [0.5, 0.6) is 0 Å². The maximum atomic E-state index is 12.8. The van der Waals surface area contributed by atoms with Crippen molar-refractivity contribution < 1.29 is 9.21 Å². The van der Waals surface area contributed by atoms with E-state index in [9.17, 15) is 9.59 Å². The average Bonchev–Trinajstić information content (AvgIpc) is 3.38. The van der Waals surface area contributed by atoms with Crippen molar-refractivity contribution in [2.75, 3.05) is 23.3 Å². The van der Waals surface area contributed by atoms with Crippen LogP contribution >= 0.6 is 23.2 Å². The number of rotatable bonds is 4. The third-order valence-electron chi connectivity index (χ3n) is 4.78. The number of aromatic nitrogens is 3. The minimum Gasteiger partial charge on any atom is -0.388 e. The molecule has 1 atom stereocenters. The highest BCUT2D eigenvalue weighted by Gasteiger charge is 2.25. The Morgan fingerprint density at radius 1 is 1.38 bits per heavy atom. The zero-order valence-corrected chi connectivity index (χ0v) is 16.9. The predicted octanol–water partition coefficient (Wildman–Crippen LogP) is 2.76. The Hall–Kier alpha value is -2.75. The number of aromatic amines is 2.